The maximum atomic E-state index is 9.29. The molecule has 2 rings (SSSR count). The molecule has 1 aromatic heterocycles. The van der Waals surface area contributed by atoms with Crippen molar-refractivity contribution in [2.75, 3.05) is 0 Å². The van der Waals surface area contributed by atoms with Crippen molar-refractivity contribution < 1.29 is 9.63 Å². The summed E-state index contributed by atoms with van der Waals surface area (Å²) in [5, 5.41) is 13.5. The van der Waals surface area contributed by atoms with Gasteiger partial charge in [0.05, 0.1) is 5.56 Å². The topological polar surface area (TPSA) is 59.2 Å². The number of hydrogen-bond donors (Lipinski definition) is 1. The fraction of sp³-hybridized carbons (Fsp3) is 0.200. The van der Waals surface area contributed by atoms with Crippen LogP contribution in [0.1, 0.15) is 18.9 Å². The molecular formula is C10H8BrClN2O2. The fourth-order valence-corrected chi connectivity index (χ4v) is 1.76. The molecule has 84 valence electrons. The van der Waals surface area contributed by atoms with Crippen molar-refractivity contribution >= 4 is 27.5 Å². The van der Waals surface area contributed by atoms with Crippen molar-refractivity contribution in [2.45, 2.75) is 13.0 Å². The Morgan fingerprint density at radius 3 is 2.88 bits per heavy atom. The van der Waals surface area contributed by atoms with Crippen molar-refractivity contribution in [3.63, 3.8) is 0 Å². The van der Waals surface area contributed by atoms with Crippen molar-refractivity contribution in [3.8, 4) is 11.5 Å². The highest BCUT2D eigenvalue weighted by molar-refractivity contribution is 9.10. The summed E-state index contributed by atoms with van der Waals surface area (Å²) in [6.45, 7) is 1.57. The zero-order valence-corrected chi connectivity index (χ0v) is 10.7. The highest BCUT2D eigenvalue weighted by Gasteiger charge is 2.14. The first kappa shape index (κ1) is 11.6. The van der Waals surface area contributed by atoms with Crippen LogP contribution in [-0.2, 0) is 0 Å². The second kappa shape index (κ2) is 4.53. The summed E-state index contributed by atoms with van der Waals surface area (Å²) in [6.07, 6.45) is -0.754. The average Bonchev–Trinajstić information content (AvgIpc) is 2.70. The lowest BCUT2D eigenvalue weighted by atomic mass is 10.2. The second-order valence-electron chi connectivity index (χ2n) is 3.26. The highest BCUT2D eigenvalue weighted by atomic mass is 79.9. The van der Waals surface area contributed by atoms with E-state index in [-0.39, 0.29) is 5.82 Å². The predicted octanol–water partition coefficient (Wildman–Crippen LogP) is 3.21. The first-order valence-electron chi connectivity index (χ1n) is 4.55. The summed E-state index contributed by atoms with van der Waals surface area (Å²) in [5.41, 5.74) is 0.701. The number of aliphatic hydroxyl groups is 1. The van der Waals surface area contributed by atoms with Crippen molar-refractivity contribution in [1.82, 2.24) is 10.1 Å². The number of benzene rings is 1. The molecule has 0 saturated heterocycles. The molecule has 0 aliphatic carbocycles. The van der Waals surface area contributed by atoms with Crippen LogP contribution in [0.5, 0.6) is 0 Å². The lowest BCUT2D eigenvalue weighted by Crippen LogP contribution is -1.93. The minimum Gasteiger partial charge on any atom is -0.385 e. The van der Waals surface area contributed by atoms with E-state index < -0.39 is 6.10 Å². The number of nitrogens with zero attached hydrogens (tertiary/aromatic N) is 2. The van der Waals surface area contributed by atoms with E-state index in [4.69, 9.17) is 16.1 Å². The third-order valence-corrected chi connectivity index (χ3v) is 2.90. The molecule has 16 heavy (non-hydrogen) atoms. The lowest BCUT2D eigenvalue weighted by molar-refractivity contribution is 0.184. The van der Waals surface area contributed by atoms with Gasteiger partial charge in [0, 0.05) is 9.50 Å². The Morgan fingerprint density at radius 2 is 2.25 bits per heavy atom. The number of halogens is 2. The van der Waals surface area contributed by atoms with E-state index in [1.165, 1.54) is 0 Å². The minimum atomic E-state index is -0.754. The first-order valence-corrected chi connectivity index (χ1v) is 5.72. The van der Waals surface area contributed by atoms with Gasteiger partial charge < -0.3 is 9.63 Å². The molecule has 0 aliphatic rings. The molecule has 1 aromatic carbocycles. The van der Waals surface area contributed by atoms with Crippen LogP contribution in [0.4, 0.5) is 0 Å². The van der Waals surface area contributed by atoms with Gasteiger partial charge in [0.15, 0.2) is 5.82 Å². The molecule has 0 radical (unpaired) electrons. The smallest absolute Gasteiger partial charge is 0.259 e. The van der Waals surface area contributed by atoms with E-state index in [1.807, 2.05) is 0 Å². The summed E-state index contributed by atoms with van der Waals surface area (Å²) >= 11 is 9.24. The van der Waals surface area contributed by atoms with E-state index in [9.17, 15) is 5.11 Å². The molecule has 2 aromatic rings. The molecule has 1 unspecified atom stereocenters. The van der Waals surface area contributed by atoms with Gasteiger partial charge in [-0.3, -0.25) is 0 Å². The molecule has 0 spiro atoms. The maximum absolute atomic E-state index is 9.29. The minimum absolute atomic E-state index is 0.252. The molecule has 4 nitrogen and oxygen atoms in total. The SMILES string of the molecule is CC(O)c1noc(-c2cc(Cl)ccc2Br)n1. The first-order chi connectivity index (χ1) is 7.58. The summed E-state index contributed by atoms with van der Waals surface area (Å²) < 4.78 is 5.84. The van der Waals surface area contributed by atoms with Gasteiger partial charge in [-0.2, -0.15) is 4.98 Å². The molecule has 0 aliphatic heterocycles. The van der Waals surface area contributed by atoms with Crippen LogP contribution < -0.4 is 0 Å². The average molecular weight is 304 g/mol. The Kier molecular flexibility index (Phi) is 3.28. The van der Waals surface area contributed by atoms with Gasteiger partial charge in [-0.25, -0.2) is 0 Å². The van der Waals surface area contributed by atoms with Crippen LogP contribution >= 0.6 is 27.5 Å². The largest absolute Gasteiger partial charge is 0.385 e. The standard InChI is InChI=1S/C10H8BrClN2O2/c1-5(15)9-13-10(16-14-9)7-4-6(12)2-3-8(7)11/h2-5,15H,1H3. The number of hydrogen-bond acceptors (Lipinski definition) is 4. The molecule has 1 atom stereocenters. The van der Waals surface area contributed by atoms with Gasteiger partial charge in [-0.05, 0) is 41.1 Å². The number of rotatable bonds is 2. The third kappa shape index (κ3) is 2.26. The fourth-order valence-electron chi connectivity index (χ4n) is 1.18. The van der Waals surface area contributed by atoms with Crippen LogP contribution in [0, 0.1) is 0 Å². The van der Waals surface area contributed by atoms with Crippen LogP contribution in [0.25, 0.3) is 11.5 Å². The Balaban J connectivity index is 2.46. The second-order valence-corrected chi connectivity index (χ2v) is 4.55. The van der Waals surface area contributed by atoms with Crippen molar-refractivity contribution in [3.05, 3.63) is 33.5 Å². The molecule has 0 bridgehead atoms. The Morgan fingerprint density at radius 1 is 1.50 bits per heavy atom. The summed E-state index contributed by atoms with van der Waals surface area (Å²) in [7, 11) is 0. The zero-order chi connectivity index (χ0) is 11.7. The van der Waals surface area contributed by atoms with Gasteiger partial charge in [-0.1, -0.05) is 16.8 Å². The molecule has 1 N–H and O–H groups in total. The van der Waals surface area contributed by atoms with E-state index in [2.05, 4.69) is 26.1 Å². The Labute approximate surface area is 105 Å². The van der Waals surface area contributed by atoms with E-state index in [0.29, 0.717) is 16.5 Å². The quantitative estimate of drug-likeness (QED) is 0.925. The monoisotopic (exact) mass is 302 g/mol. The van der Waals surface area contributed by atoms with E-state index >= 15 is 0 Å². The van der Waals surface area contributed by atoms with Gasteiger partial charge in [0.2, 0.25) is 0 Å². The number of aromatic nitrogens is 2. The maximum Gasteiger partial charge on any atom is 0.259 e. The summed E-state index contributed by atoms with van der Waals surface area (Å²) in [6, 6.07) is 5.26. The summed E-state index contributed by atoms with van der Waals surface area (Å²) in [4.78, 5) is 4.07. The van der Waals surface area contributed by atoms with Gasteiger partial charge >= 0.3 is 0 Å². The van der Waals surface area contributed by atoms with Gasteiger partial charge in [-0.15, -0.1) is 0 Å². The van der Waals surface area contributed by atoms with Crippen LogP contribution in [0.15, 0.2) is 27.2 Å². The molecule has 0 amide bonds. The van der Waals surface area contributed by atoms with Crippen molar-refractivity contribution in [2.24, 2.45) is 0 Å². The third-order valence-electron chi connectivity index (χ3n) is 1.97. The Hall–Kier alpha value is -0.910. The normalized spacial score (nSPS) is 12.8. The van der Waals surface area contributed by atoms with Gasteiger partial charge in [0.1, 0.15) is 6.10 Å². The molecule has 0 saturated carbocycles. The van der Waals surface area contributed by atoms with Crippen LogP contribution in [-0.4, -0.2) is 15.2 Å². The van der Waals surface area contributed by atoms with Crippen LogP contribution in [0.2, 0.25) is 5.02 Å². The van der Waals surface area contributed by atoms with Crippen molar-refractivity contribution in [1.29, 1.82) is 0 Å². The zero-order valence-electron chi connectivity index (χ0n) is 8.32. The predicted molar refractivity (Wildman–Crippen MR) is 63.1 cm³/mol. The molecule has 0 fully saturated rings. The van der Waals surface area contributed by atoms with Gasteiger partial charge in [0.25, 0.3) is 5.89 Å². The summed E-state index contributed by atoms with van der Waals surface area (Å²) in [5.74, 6) is 0.576. The Bertz CT molecular complexity index is 513. The van der Waals surface area contributed by atoms with Crippen LogP contribution in [0.3, 0.4) is 0 Å². The molecule has 1 heterocycles. The van der Waals surface area contributed by atoms with E-state index in [1.54, 1.807) is 25.1 Å². The number of aliphatic hydroxyl groups excluding tert-OH is 1. The lowest BCUT2D eigenvalue weighted by Gasteiger charge is -1.98. The molecular weight excluding hydrogens is 295 g/mol. The highest BCUT2D eigenvalue weighted by Crippen LogP contribution is 2.30. The molecule has 6 heteroatoms. The van der Waals surface area contributed by atoms with E-state index in [0.717, 1.165) is 4.47 Å².